The zero-order valence-electron chi connectivity index (χ0n) is 13.7. The minimum Gasteiger partial charge on any atom is -0.497 e. The van der Waals surface area contributed by atoms with Crippen LogP contribution in [0.25, 0.3) is 11.4 Å². The van der Waals surface area contributed by atoms with Crippen molar-refractivity contribution in [2.45, 2.75) is 31.7 Å². The molecule has 128 valence electrons. The fourth-order valence-electron chi connectivity index (χ4n) is 2.71. The van der Waals surface area contributed by atoms with E-state index in [1.807, 2.05) is 24.3 Å². The third-order valence-electron chi connectivity index (χ3n) is 4.02. The highest BCUT2D eigenvalue weighted by atomic mass is 16.5. The van der Waals surface area contributed by atoms with Crippen molar-refractivity contribution in [3.8, 4) is 17.1 Å². The van der Waals surface area contributed by atoms with Crippen LogP contribution in [0.3, 0.4) is 0 Å². The number of benzene rings is 1. The number of hydrogen-bond acceptors (Lipinski definition) is 6. The molecule has 1 aliphatic heterocycles. The van der Waals surface area contributed by atoms with Gasteiger partial charge in [-0.05, 0) is 31.5 Å². The number of carbonyl (C=O) groups excluding carboxylic acids is 1. The lowest BCUT2D eigenvalue weighted by Crippen LogP contribution is -2.36. The van der Waals surface area contributed by atoms with Gasteiger partial charge in [0, 0.05) is 31.0 Å². The van der Waals surface area contributed by atoms with Crippen molar-refractivity contribution in [3.05, 3.63) is 30.2 Å². The van der Waals surface area contributed by atoms with Crippen molar-refractivity contribution < 1.29 is 14.1 Å². The third kappa shape index (κ3) is 4.32. The van der Waals surface area contributed by atoms with Crippen LogP contribution in [-0.4, -0.2) is 42.3 Å². The van der Waals surface area contributed by atoms with Crippen LogP contribution in [-0.2, 0) is 11.2 Å². The normalized spacial score (nSPS) is 17.0. The van der Waals surface area contributed by atoms with Gasteiger partial charge < -0.3 is 19.9 Å². The Hall–Kier alpha value is -2.41. The molecule has 1 amide bonds. The molecule has 2 N–H and O–H groups in total. The van der Waals surface area contributed by atoms with E-state index in [0.717, 1.165) is 30.8 Å². The van der Waals surface area contributed by atoms with E-state index in [1.54, 1.807) is 7.11 Å². The number of nitrogens with one attached hydrogen (secondary N) is 2. The Morgan fingerprint density at radius 3 is 3.21 bits per heavy atom. The molecule has 0 aliphatic carbocycles. The molecule has 3 rings (SSSR count). The molecule has 1 aliphatic rings. The molecule has 2 aromatic rings. The number of aryl methyl sites for hydroxylation is 1. The van der Waals surface area contributed by atoms with E-state index in [1.165, 1.54) is 0 Å². The lowest BCUT2D eigenvalue weighted by atomic mass is 10.2. The zero-order valence-corrected chi connectivity index (χ0v) is 13.7. The van der Waals surface area contributed by atoms with Crippen LogP contribution < -0.4 is 15.4 Å². The molecule has 1 unspecified atom stereocenters. The fourth-order valence-corrected chi connectivity index (χ4v) is 2.71. The quantitative estimate of drug-likeness (QED) is 0.800. The molecule has 0 bridgehead atoms. The predicted octanol–water partition coefficient (Wildman–Crippen LogP) is 1.55. The maximum absolute atomic E-state index is 11.9. The molecular formula is C17H22N4O3. The van der Waals surface area contributed by atoms with E-state index in [2.05, 4.69) is 20.8 Å². The van der Waals surface area contributed by atoms with Crippen LogP contribution in [0.5, 0.6) is 5.75 Å². The second kappa shape index (κ2) is 7.92. The van der Waals surface area contributed by atoms with Gasteiger partial charge >= 0.3 is 0 Å². The van der Waals surface area contributed by atoms with E-state index in [0.29, 0.717) is 31.0 Å². The van der Waals surface area contributed by atoms with Crippen molar-refractivity contribution in [1.82, 2.24) is 20.8 Å². The first-order valence-electron chi connectivity index (χ1n) is 8.21. The van der Waals surface area contributed by atoms with Crippen molar-refractivity contribution >= 4 is 5.91 Å². The number of nitrogens with zero attached hydrogens (tertiary/aromatic N) is 2. The molecule has 7 nitrogen and oxygen atoms in total. The second-order valence-electron chi connectivity index (χ2n) is 5.85. The van der Waals surface area contributed by atoms with E-state index >= 15 is 0 Å². The number of ether oxygens (including phenoxy) is 1. The van der Waals surface area contributed by atoms with Crippen LogP contribution in [0.1, 0.15) is 25.2 Å². The molecule has 2 heterocycles. The third-order valence-corrected chi connectivity index (χ3v) is 4.02. The average Bonchev–Trinajstić information content (AvgIpc) is 3.27. The molecule has 7 heteroatoms. The Morgan fingerprint density at radius 2 is 2.42 bits per heavy atom. The largest absolute Gasteiger partial charge is 0.497 e. The van der Waals surface area contributed by atoms with Crippen molar-refractivity contribution in [3.63, 3.8) is 0 Å². The SMILES string of the molecule is COc1cccc(-c2noc(CCCC(=O)NC3CCNC3)n2)c1. The first-order chi connectivity index (χ1) is 11.7. The Bertz CT molecular complexity index is 680. The van der Waals surface area contributed by atoms with E-state index < -0.39 is 0 Å². The summed E-state index contributed by atoms with van der Waals surface area (Å²) in [5.74, 6) is 1.90. The van der Waals surface area contributed by atoms with Gasteiger partial charge in [0.2, 0.25) is 17.6 Å². The minimum absolute atomic E-state index is 0.0798. The predicted molar refractivity (Wildman–Crippen MR) is 88.6 cm³/mol. The molecule has 0 spiro atoms. The Balaban J connectivity index is 1.48. The fraction of sp³-hybridized carbons (Fsp3) is 0.471. The summed E-state index contributed by atoms with van der Waals surface area (Å²) in [7, 11) is 1.62. The number of aromatic nitrogens is 2. The highest BCUT2D eigenvalue weighted by molar-refractivity contribution is 5.76. The van der Waals surface area contributed by atoms with Gasteiger partial charge in [0.1, 0.15) is 5.75 Å². The molecule has 0 saturated carbocycles. The summed E-state index contributed by atoms with van der Waals surface area (Å²) in [6, 6.07) is 7.77. The summed E-state index contributed by atoms with van der Waals surface area (Å²) in [5, 5.41) is 10.2. The smallest absolute Gasteiger partial charge is 0.226 e. The Labute approximate surface area is 140 Å². The van der Waals surface area contributed by atoms with Gasteiger partial charge in [-0.25, -0.2) is 0 Å². The van der Waals surface area contributed by atoms with Crippen molar-refractivity contribution in [2.24, 2.45) is 0 Å². The standard InChI is InChI=1S/C17H22N4O3/c1-23-14-5-2-4-12(10-14)17-20-16(24-21-17)7-3-6-15(22)19-13-8-9-18-11-13/h2,4-5,10,13,18H,3,6-9,11H2,1H3,(H,19,22). The molecule has 1 atom stereocenters. The molecule has 1 aromatic heterocycles. The van der Waals surface area contributed by atoms with Crippen molar-refractivity contribution in [2.75, 3.05) is 20.2 Å². The maximum Gasteiger partial charge on any atom is 0.226 e. The van der Waals surface area contributed by atoms with E-state index in [-0.39, 0.29) is 11.9 Å². The molecule has 1 aromatic carbocycles. The number of methoxy groups -OCH3 is 1. The number of carbonyl (C=O) groups is 1. The minimum atomic E-state index is 0.0798. The summed E-state index contributed by atoms with van der Waals surface area (Å²) in [4.78, 5) is 16.2. The number of amides is 1. The van der Waals surface area contributed by atoms with Gasteiger partial charge in [-0.15, -0.1) is 0 Å². The second-order valence-corrected chi connectivity index (χ2v) is 5.85. The first-order valence-corrected chi connectivity index (χ1v) is 8.21. The molecule has 1 saturated heterocycles. The van der Waals surface area contributed by atoms with Gasteiger partial charge in [0.05, 0.1) is 7.11 Å². The average molecular weight is 330 g/mol. The van der Waals surface area contributed by atoms with Gasteiger partial charge in [0.15, 0.2) is 0 Å². The van der Waals surface area contributed by atoms with E-state index in [9.17, 15) is 4.79 Å². The number of hydrogen-bond donors (Lipinski definition) is 2. The van der Waals surface area contributed by atoms with Crippen molar-refractivity contribution in [1.29, 1.82) is 0 Å². The van der Waals surface area contributed by atoms with Crippen LogP contribution in [0.4, 0.5) is 0 Å². The summed E-state index contributed by atoms with van der Waals surface area (Å²) in [6.07, 6.45) is 2.74. The lowest BCUT2D eigenvalue weighted by Gasteiger charge is -2.10. The monoisotopic (exact) mass is 330 g/mol. The summed E-state index contributed by atoms with van der Waals surface area (Å²) in [6.45, 7) is 1.83. The van der Waals surface area contributed by atoms with Gasteiger partial charge in [-0.1, -0.05) is 17.3 Å². The van der Waals surface area contributed by atoms with Gasteiger partial charge in [-0.2, -0.15) is 4.98 Å². The van der Waals surface area contributed by atoms with Gasteiger partial charge in [-0.3, -0.25) is 4.79 Å². The summed E-state index contributed by atoms with van der Waals surface area (Å²) in [5.41, 5.74) is 0.843. The first kappa shape index (κ1) is 16.4. The molecular weight excluding hydrogens is 308 g/mol. The van der Waals surface area contributed by atoms with Crippen LogP contribution >= 0.6 is 0 Å². The van der Waals surface area contributed by atoms with Crippen LogP contribution in [0.15, 0.2) is 28.8 Å². The molecule has 24 heavy (non-hydrogen) atoms. The van der Waals surface area contributed by atoms with Crippen LogP contribution in [0.2, 0.25) is 0 Å². The molecule has 1 fully saturated rings. The van der Waals surface area contributed by atoms with Crippen LogP contribution in [0, 0.1) is 0 Å². The van der Waals surface area contributed by atoms with Gasteiger partial charge in [0.25, 0.3) is 0 Å². The zero-order chi connectivity index (χ0) is 16.8. The topological polar surface area (TPSA) is 89.3 Å². The molecule has 0 radical (unpaired) electrons. The summed E-state index contributed by atoms with van der Waals surface area (Å²) < 4.78 is 10.5. The van der Waals surface area contributed by atoms with E-state index in [4.69, 9.17) is 9.26 Å². The maximum atomic E-state index is 11.9. The lowest BCUT2D eigenvalue weighted by molar-refractivity contribution is -0.121. The Kier molecular flexibility index (Phi) is 5.43. The number of rotatable bonds is 7. The highest BCUT2D eigenvalue weighted by Gasteiger charge is 2.16. The summed E-state index contributed by atoms with van der Waals surface area (Å²) >= 11 is 0. The Morgan fingerprint density at radius 1 is 1.50 bits per heavy atom. The highest BCUT2D eigenvalue weighted by Crippen LogP contribution is 2.21.